The summed E-state index contributed by atoms with van der Waals surface area (Å²) in [6.07, 6.45) is 4.74. The molecule has 1 aliphatic carbocycles. The molecule has 2 heteroatoms. The number of aromatic nitrogens is 1. The van der Waals surface area contributed by atoms with Gasteiger partial charge in [0, 0.05) is 25.0 Å². The van der Waals surface area contributed by atoms with Gasteiger partial charge in [-0.05, 0) is 6.07 Å². The second-order valence-electron chi connectivity index (χ2n) is 2.70. The second-order valence-corrected chi connectivity index (χ2v) is 3.16. The van der Waals surface area contributed by atoms with Gasteiger partial charge < -0.3 is 0 Å². The van der Waals surface area contributed by atoms with E-state index >= 15 is 0 Å². The van der Waals surface area contributed by atoms with Crippen LogP contribution in [-0.2, 0) is 0 Å². The lowest BCUT2D eigenvalue weighted by Crippen LogP contribution is -2.33. The van der Waals surface area contributed by atoms with Crippen LogP contribution in [0.5, 0.6) is 0 Å². The Bertz CT molecular complexity index is 243. The number of nitrogens with zero attached hydrogens (tertiary/aromatic N) is 1. The summed E-state index contributed by atoms with van der Waals surface area (Å²) < 4.78 is 2.23. The highest BCUT2D eigenvalue weighted by molar-refractivity contribution is 7.80. The first-order valence-electron chi connectivity index (χ1n) is 3.57. The smallest absolute Gasteiger partial charge is 0.191 e. The lowest BCUT2D eigenvalue weighted by molar-refractivity contribution is -0.735. The molecule has 0 atom stereocenters. The lowest BCUT2D eigenvalue weighted by Gasteiger charge is -1.93. The lowest BCUT2D eigenvalue weighted by atomic mass is 10.5. The topological polar surface area (TPSA) is 3.88 Å². The Morgan fingerprint density at radius 2 is 2.20 bits per heavy atom. The summed E-state index contributed by atoms with van der Waals surface area (Å²) >= 11 is 4.34. The molecule has 0 amide bonds. The highest BCUT2D eigenvalue weighted by Crippen LogP contribution is 2.29. The largest absolute Gasteiger partial charge is 0.237 e. The van der Waals surface area contributed by atoms with E-state index < -0.39 is 0 Å². The molecule has 1 aromatic rings. The Balaban J connectivity index is 2.39. The normalized spacial score (nSPS) is 17.3. The van der Waals surface area contributed by atoms with Crippen LogP contribution in [0, 0.1) is 0 Å². The number of hydrogen-bond donors (Lipinski definition) is 1. The molecule has 10 heavy (non-hydrogen) atoms. The van der Waals surface area contributed by atoms with Crippen LogP contribution in [0.25, 0.3) is 0 Å². The fourth-order valence-corrected chi connectivity index (χ4v) is 1.42. The van der Waals surface area contributed by atoms with Crippen molar-refractivity contribution < 1.29 is 4.57 Å². The van der Waals surface area contributed by atoms with Crippen LogP contribution in [0.3, 0.4) is 0 Å². The summed E-state index contributed by atoms with van der Waals surface area (Å²) in [6.45, 7) is 0. The summed E-state index contributed by atoms with van der Waals surface area (Å²) in [5, 5.41) is 1.07. The summed E-state index contributed by atoms with van der Waals surface area (Å²) in [4.78, 5) is 0. The summed E-state index contributed by atoms with van der Waals surface area (Å²) in [5.41, 5.74) is 0. The van der Waals surface area contributed by atoms with Gasteiger partial charge in [-0.25, -0.2) is 0 Å². The first-order valence-corrected chi connectivity index (χ1v) is 4.02. The highest BCUT2D eigenvalue weighted by Gasteiger charge is 2.32. The molecule has 1 aromatic heterocycles. The van der Waals surface area contributed by atoms with Gasteiger partial charge in [0.1, 0.15) is 0 Å². The molecule has 0 aliphatic heterocycles. The van der Waals surface area contributed by atoms with Gasteiger partial charge in [-0.2, -0.15) is 4.57 Å². The molecule has 1 nitrogen and oxygen atoms in total. The van der Waals surface area contributed by atoms with E-state index in [2.05, 4.69) is 29.5 Å². The maximum absolute atomic E-state index is 4.34. The van der Waals surface area contributed by atoms with Gasteiger partial charge in [0.2, 0.25) is 5.03 Å². The van der Waals surface area contributed by atoms with Crippen molar-refractivity contribution >= 4 is 12.6 Å². The third-order valence-corrected chi connectivity index (χ3v) is 2.19. The molecular formula is C8H10NS+. The zero-order chi connectivity index (χ0) is 6.97. The predicted molar refractivity (Wildman–Crippen MR) is 42.2 cm³/mol. The van der Waals surface area contributed by atoms with E-state index in [0.29, 0.717) is 0 Å². The fraction of sp³-hybridized carbons (Fsp3) is 0.375. The van der Waals surface area contributed by atoms with Gasteiger partial charge in [0.05, 0.1) is 0 Å². The van der Waals surface area contributed by atoms with E-state index in [9.17, 15) is 0 Å². The molecule has 1 heterocycles. The van der Waals surface area contributed by atoms with Crippen molar-refractivity contribution in [1.29, 1.82) is 0 Å². The van der Waals surface area contributed by atoms with Crippen LogP contribution in [0.2, 0.25) is 0 Å². The van der Waals surface area contributed by atoms with Gasteiger partial charge in [-0.3, -0.25) is 0 Å². The second kappa shape index (κ2) is 2.27. The van der Waals surface area contributed by atoms with Crippen molar-refractivity contribution in [3.63, 3.8) is 0 Å². The molecule has 2 rings (SSSR count). The molecule has 0 unspecified atom stereocenters. The Labute approximate surface area is 66.1 Å². The van der Waals surface area contributed by atoms with E-state index in [0.717, 1.165) is 11.1 Å². The Morgan fingerprint density at radius 3 is 2.80 bits per heavy atom. The number of rotatable bonds is 1. The first-order chi connectivity index (χ1) is 4.88. The standard InChI is InChI=1S/C8H9NS/c10-8-3-1-2-6-9(8)7-4-5-7/h1-3,6-7H,4-5H2/p+1. The Morgan fingerprint density at radius 1 is 1.40 bits per heavy atom. The number of thiol groups is 1. The molecule has 1 aliphatic rings. The average molecular weight is 152 g/mol. The van der Waals surface area contributed by atoms with Crippen LogP contribution >= 0.6 is 12.6 Å². The van der Waals surface area contributed by atoms with Crippen LogP contribution in [0.15, 0.2) is 29.4 Å². The molecule has 0 N–H and O–H groups in total. The van der Waals surface area contributed by atoms with Crippen LogP contribution < -0.4 is 4.57 Å². The predicted octanol–water partition coefficient (Wildman–Crippen LogP) is 1.60. The van der Waals surface area contributed by atoms with Crippen molar-refractivity contribution in [2.24, 2.45) is 0 Å². The summed E-state index contributed by atoms with van der Waals surface area (Å²) in [7, 11) is 0. The quantitative estimate of drug-likeness (QED) is 0.460. The zero-order valence-corrected chi connectivity index (χ0v) is 6.59. The van der Waals surface area contributed by atoms with Crippen molar-refractivity contribution in [3.05, 3.63) is 24.4 Å². The first kappa shape index (κ1) is 6.23. The minimum absolute atomic E-state index is 0.744. The Hall–Kier alpha value is -0.500. The molecule has 1 fully saturated rings. The third-order valence-electron chi connectivity index (χ3n) is 1.81. The van der Waals surface area contributed by atoms with E-state index in [1.165, 1.54) is 12.8 Å². The average Bonchev–Trinajstić information content (AvgIpc) is 2.71. The molecule has 0 saturated heterocycles. The van der Waals surface area contributed by atoms with Gasteiger partial charge in [-0.15, -0.1) is 0 Å². The van der Waals surface area contributed by atoms with E-state index in [4.69, 9.17) is 0 Å². The fourth-order valence-electron chi connectivity index (χ4n) is 1.11. The molecule has 0 radical (unpaired) electrons. The van der Waals surface area contributed by atoms with Crippen molar-refractivity contribution in [3.8, 4) is 0 Å². The van der Waals surface area contributed by atoms with Gasteiger partial charge in [0.15, 0.2) is 12.2 Å². The molecule has 0 bridgehead atoms. The monoisotopic (exact) mass is 152 g/mol. The third kappa shape index (κ3) is 1.03. The summed E-state index contributed by atoms with van der Waals surface area (Å²) in [6, 6.07) is 6.84. The summed E-state index contributed by atoms with van der Waals surface area (Å²) in [5.74, 6) is 0. The molecular weight excluding hydrogens is 142 g/mol. The SMILES string of the molecule is Sc1cccc[n+]1C1CC1. The zero-order valence-electron chi connectivity index (χ0n) is 5.70. The van der Waals surface area contributed by atoms with Crippen LogP contribution in [0.1, 0.15) is 18.9 Å². The molecule has 1 saturated carbocycles. The van der Waals surface area contributed by atoms with E-state index in [-0.39, 0.29) is 0 Å². The number of hydrogen-bond acceptors (Lipinski definition) is 1. The van der Waals surface area contributed by atoms with Crippen LogP contribution in [-0.4, -0.2) is 0 Å². The maximum atomic E-state index is 4.34. The van der Waals surface area contributed by atoms with E-state index in [1.807, 2.05) is 12.1 Å². The van der Waals surface area contributed by atoms with E-state index in [1.54, 1.807) is 0 Å². The Kier molecular flexibility index (Phi) is 1.42. The molecule has 0 spiro atoms. The highest BCUT2D eigenvalue weighted by atomic mass is 32.1. The maximum Gasteiger partial charge on any atom is 0.237 e. The minimum Gasteiger partial charge on any atom is -0.191 e. The minimum atomic E-state index is 0.744. The van der Waals surface area contributed by atoms with Crippen molar-refractivity contribution in [1.82, 2.24) is 0 Å². The molecule has 0 aromatic carbocycles. The van der Waals surface area contributed by atoms with Crippen molar-refractivity contribution in [2.45, 2.75) is 23.9 Å². The van der Waals surface area contributed by atoms with Gasteiger partial charge in [0.25, 0.3) is 0 Å². The van der Waals surface area contributed by atoms with Gasteiger partial charge in [-0.1, -0.05) is 12.6 Å². The number of pyridine rings is 1. The van der Waals surface area contributed by atoms with Gasteiger partial charge >= 0.3 is 0 Å². The van der Waals surface area contributed by atoms with Crippen molar-refractivity contribution in [2.75, 3.05) is 0 Å². The van der Waals surface area contributed by atoms with Crippen LogP contribution in [0.4, 0.5) is 0 Å². The molecule has 52 valence electrons.